The average molecular weight is 194 g/mol. The van der Waals surface area contributed by atoms with E-state index in [0.717, 1.165) is 0 Å². The largest absolute Gasteiger partial charge is 0.483 e. The molecule has 2 atom stereocenters. The molecule has 1 nitrogen and oxygen atoms in total. The number of hydrogen-bond acceptors (Lipinski definition) is 1. The summed E-state index contributed by atoms with van der Waals surface area (Å²) >= 11 is 0. The Morgan fingerprint density at radius 1 is 1.36 bits per heavy atom. The number of ether oxygens (including phenoxy) is 1. The maximum absolute atomic E-state index is 14.1. The first kappa shape index (κ1) is 9.50. The molecule has 1 aliphatic rings. The minimum atomic E-state index is -1.02. The molecule has 2 rings (SSSR count). The van der Waals surface area contributed by atoms with Gasteiger partial charge in [0, 0.05) is 5.56 Å². The van der Waals surface area contributed by atoms with Gasteiger partial charge in [-0.05, 0) is 18.9 Å². The van der Waals surface area contributed by atoms with Crippen molar-refractivity contribution in [3.63, 3.8) is 0 Å². The molecule has 1 aromatic rings. The molecule has 0 fully saturated rings. The van der Waals surface area contributed by atoms with Gasteiger partial charge in [-0.15, -0.1) is 0 Å². The van der Waals surface area contributed by atoms with Crippen molar-refractivity contribution in [2.24, 2.45) is 5.92 Å². The van der Waals surface area contributed by atoms with Gasteiger partial charge in [0.25, 0.3) is 0 Å². The van der Waals surface area contributed by atoms with Crippen LogP contribution < -0.4 is 4.74 Å². The Hall–Kier alpha value is -1.05. The van der Waals surface area contributed by atoms with Gasteiger partial charge >= 0.3 is 0 Å². The van der Waals surface area contributed by atoms with E-state index in [0.29, 0.717) is 11.3 Å². The van der Waals surface area contributed by atoms with Gasteiger partial charge in [0.15, 0.2) is 6.17 Å². The monoisotopic (exact) mass is 194 g/mol. The van der Waals surface area contributed by atoms with E-state index >= 15 is 0 Å². The van der Waals surface area contributed by atoms with Crippen molar-refractivity contribution in [2.75, 3.05) is 0 Å². The Morgan fingerprint density at radius 3 is 2.57 bits per heavy atom. The molecule has 1 aliphatic heterocycles. The first-order valence-electron chi connectivity index (χ1n) is 4.97. The maximum Gasteiger partial charge on any atom is 0.168 e. The third-order valence-corrected chi connectivity index (χ3v) is 3.17. The molecule has 14 heavy (non-hydrogen) atoms. The van der Waals surface area contributed by atoms with Gasteiger partial charge in [-0.3, -0.25) is 0 Å². The SMILES string of the molecule is CC(C)C1(C)Oc2ccccc2C1F. The smallest absolute Gasteiger partial charge is 0.168 e. The summed E-state index contributed by atoms with van der Waals surface area (Å²) in [6, 6.07) is 7.35. The van der Waals surface area contributed by atoms with Crippen molar-refractivity contribution < 1.29 is 9.13 Å². The zero-order chi connectivity index (χ0) is 10.3. The van der Waals surface area contributed by atoms with Gasteiger partial charge in [0.05, 0.1) is 0 Å². The second-order valence-corrected chi connectivity index (χ2v) is 4.34. The Morgan fingerprint density at radius 2 is 2.00 bits per heavy atom. The molecular weight excluding hydrogens is 179 g/mol. The zero-order valence-corrected chi connectivity index (χ0v) is 8.75. The number of benzene rings is 1. The molecule has 0 amide bonds. The Labute approximate surface area is 83.9 Å². The second kappa shape index (κ2) is 2.97. The van der Waals surface area contributed by atoms with Crippen molar-refractivity contribution in [2.45, 2.75) is 32.5 Å². The van der Waals surface area contributed by atoms with Crippen LogP contribution in [0, 0.1) is 5.92 Å². The summed E-state index contributed by atoms with van der Waals surface area (Å²) in [7, 11) is 0. The topological polar surface area (TPSA) is 9.23 Å². The second-order valence-electron chi connectivity index (χ2n) is 4.34. The molecule has 0 saturated carbocycles. The van der Waals surface area contributed by atoms with E-state index in [9.17, 15) is 4.39 Å². The molecule has 76 valence electrons. The van der Waals surface area contributed by atoms with Crippen LogP contribution in [0.4, 0.5) is 4.39 Å². The van der Waals surface area contributed by atoms with Crippen LogP contribution in [0.15, 0.2) is 24.3 Å². The molecular formula is C12H15FO. The molecule has 0 N–H and O–H groups in total. The van der Waals surface area contributed by atoms with Gasteiger partial charge in [0.2, 0.25) is 0 Å². The van der Waals surface area contributed by atoms with Gasteiger partial charge in [-0.25, -0.2) is 4.39 Å². The Balaban J connectivity index is 2.43. The summed E-state index contributed by atoms with van der Waals surface area (Å²) in [5.41, 5.74) is -0.0207. The highest BCUT2D eigenvalue weighted by Crippen LogP contribution is 2.48. The number of rotatable bonds is 1. The molecule has 0 aliphatic carbocycles. The van der Waals surface area contributed by atoms with Gasteiger partial charge in [-0.2, -0.15) is 0 Å². The highest BCUT2D eigenvalue weighted by molar-refractivity contribution is 5.41. The van der Waals surface area contributed by atoms with E-state index < -0.39 is 11.8 Å². The number of halogens is 1. The quantitative estimate of drug-likeness (QED) is 0.664. The van der Waals surface area contributed by atoms with Crippen LogP contribution in [-0.2, 0) is 0 Å². The summed E-state index contributed by atoms with van der Waals surface area (Å²) in [6.07, 6.45) is -1.02. The van der Waals surface area contributed by atoms with E-state index in [1.807, 2.05) is 39.0 Å². The normalized spacial score (nSPS) is 30.2. The predicted molar refractivity (Wildman–Crippen MR) is 54.2 cm³/mol. The third kappa shape index (κ3) is 1.13. The maximum atomic E-state index is 14.1. The van der Waals surface area contributed by atoms with E-state index in [4.69, 9.17) is 4.74 Å². The Kier molecular flexibility index (Phi) is 2.02. The summed E-state index contributed by atoms with van der Waals surface area (Å²) < 4.78 is 19.8. The lowest BCUT2D eigenvalue weighted by molar-refractivity contribution is -0.00623. The number of fused-ring (bicyclic) bond motifs is 1. The van der Waals surface area contributed by atoms with Crippen molar-refractivity contribution >= 4 is 0 Å². The van der Waals surface area contributed by atoms with E-state index in [1.165, 1.54) is 0 Å². The van der Waals surface area contributed by atoms with Gasteiger partial charge < -0.3 is 4.74 Å². The lowest BCUT2D eigenvalue weighted by atomic mass is 9.86. The third-order valence-electron chi connectivity index (χ3n) is 3.17. The highest BCUT2D eigenvalue weighted by Gasteiger charge is 2.47. The van der Waals surface area contributed by atoms with Crippen LogP contribution in [0.2, 0.25) is 0 Å². The summed E-state index contributed by atoms with van der Waals surface area (Å²) in [5.74, 6) is 0.848. The van der Waals surface area contributed by atoms with Crippen LogP contribution in [0.3, 0.4) is 0 Å². The number of alkyl halides is 1. The Bertz CT molecular complexity index is 348. The summed E-state index contributed by atoms with van der Waals surface area (Å²) in [5, 5.41) is 0. The first-order chi connectivity index (χ1) is 6.55. The van der Waals surface area contributed by atoms with Crippen molar-refractivity contribution in [3.05, 3.63) is 29.8 Å². The summed E-state index contributed by atoms with van der Waals surface area (Å²) in [4.78, 5) is 0. The predicted octanol–water partition coefficient (Wildman–Crippen LogP) is 3.50. The fourth-order valence-corrected chi connectivity index (χ4v) is 1.79. The van der Waals surface area contributed by atoms with Crippen molar-refractivity contribution in [1.82, 2.24) is 0 Å². The van der Waals surface area contributed by atoms with E-state index in [-0.39, 0.29) is 5.92 Å². The molecule has 0 spiro atoms. The van der Waals surface area contributed by atoms with Crippen LogP contribution in [-0.4, -0.2) is 5.60 Å². The lowest BCUT2D eigenvalue weighted by Gasteiger charge is -2.30. The minimum absolute atomic E-state index is 0.157. The number of hydrogen-bond donors (Lipinski definition) is 0. The standard InChI is InChI=1S/C12H15FO/c1-8(2)12(3)11(13)9-6-4-5-7-10(9)14-12/h4-8,11H,1-3H3. The van der Waals surface area contributed by atoms with Gasteiger partial charge in [0.1, 0.15) is 11.4 Å². The van der Waals surface area contributed by atoms with Crippen molar-refractivity contribution in [1.29, 1.82) is 0 Å². The molecule has 0 radical (unpaired) electrons. The van der Waals surface area contributed by atoms with Crippen LogP contribution >= 0.6 is 0 Å². The molecule has 2 heteroatoms. The molecule has 2 unspecified atom stereocenters. The average Bonchev–Trinajstić information content (AvgIpc) is 2.42. The highest BCUT2D eigenvalue weighted by atomic mass is 19.1. The zero-order valence-electron chi connectivity index (χ0n) is 8.75. The van der Waals surface area contributed by atoms with Gasteiger partial charge in [-0.1, -0.05) is 32.0 Å². The van der Waals surface area contributed by atoms with Crippen LogP contribution in [0.25, 0.3) is 0 Å². The summed E-state index contributed by atoms with van der Waals surface area (Å²) in [6.45, 7) is 5.80. The number of para-hydroxylation sites is 1. The first-order valence-corrected chi connectivity index (χ1v) is 4.97. The van der Waals surface area contributed by atoms with E-state index in [2.05, 4.69) is 0 Å². The molecule has 0 aromatic heterocycles. The lowest BCUT2D eigenvalue weighted by Crippen LogP contribution is -2.38. The molecule has 0 saturated heterocycles. The van der Waals surface area contributed by atoms with Crippen LogP contribution in [0.1, 0.15) is 32.5 Å². The van der Waals surface area contributed by atoms with Crippen LogP contribution in [0.5, 0.6) is 5.75 Å². The molecule has 1 aromatic carbocycles. The van der Waals surface area contributed by atoms with Crippen molar-refractivity contribution in [3.8, 4) is 5.75 Å². The molecule has 1 heterocycles. The minimum Gasteiger partial charge on any atom is -0.483 e. The van der Waals surface area contributed by atoms with E-state index in [1.54, 1.807) is 6.07 Å². The fourth-order valence-electron chi connectivity index (χ4n) is 1.79. The molecule has 0 bridgehead atoms. The fraction of sp³-hybridized carbons (Fsp3) is 0.500.